The Balaban J connectivity index is 1.16. The Morgan fingerprint density at radius 3 is 1.33 bits per heavy atom. The highest BCUT2D eigenvalue weighted by molar-refractivity contribution is 6.09. The third kappa shape index (κ3) is 6.86. The minimum Gasteiger partial charge on any atom is -0.231 e. The number of aromatic nitrogens is 4. The van der Waals surface area contributed by atoms with Gasteiger partial charge in [-0.05, 0) is 69.6 Å². The Labute approximate surface area is 354 Å². The summed E-state index contributed by atoms with van der Waals surface area (Å²) in [7, 11) is 0. The number of fused-ring (bicyclic) bond motifs is 3. The minimum atomic E-state index is 0.660. The molecule has 4 nitrogen and oxygen atoms in total. The molecule has 61 heavy (non-hydrogen) atoms. The van der Waals surface area contributed by atoms with Gasteiger partial charge >= 0.3 is 0 Å². The van der Waals surface area contributed by atoms with E-state index in [1.165, 1.54) is 0 Å². The van der Waals surface area contributed by atoms with Crippen LogP contribution in [-0.2, 0) is 0 Å². The second kappa shape index (κ2) is 15.5. The van der Waals surface area contributed by atoms with Crippen LogP contribution in [0.2, 0.25) is 0 Å². The minimum absolute atomic E-state index is 0.660. The maximum absolute atomic E-state index is 5.41. The molecule has 0 bridgehead atoms. The molecule has 11 aromatic rings. The van der Waals surface area contributed by atoms with E-state index in [1.54, 1.807) is 0 Å². The van der Waals surface area contributed by atoms with Crippen LogP contribution in [0.5, 0.6) is 0 Å². The first-order valence-corrected chi connectivity index (χ1v) is 20.6. The standard InChI is InChI=1S/C57H38N4/c1-7-19-39(20-8-1)46-34-47(40-21-9-2-10-22-40)36-49(35-46)52-38-51(41-23-11-3-12-24-41)58-57(59-52)45-31-32-50-48(33-45)37-53(42-25-13-4-14-26-42)61-56(50)54(43-27-15-5-16-28-43)55(60-61)44-29-17-6-18-30-44/h1-38H. The largest absolute Gasteiger partial charge is 0.231 e. The van der Waals surface area contributed by atoms with Gasteiger partial charge in [-0.1, -0.05) is 194 Å². The van der Waals surface area contributed by atoms with E-state index in [9.17, 15) is 0 Å². The fourth-order valence-corrected chi connectivity index (χ4v) is 8.43. The molecule has 4 heteroatoms. The summed E-state index contributed by atoms with van der Waals surface area (Å²) in [6.07, 6.45) is 0. The molecular weight excluding hydrogens is 741 g/mol. The maximum Gasteiger partial charge on any atom is 0.160 e. The summed E-state index contributed by atoms with van der Waals surface area (Å²) in [4.78, 5) is 10.7. The van der Waals surface area contributed by atoms with E-state index in [0.717, 1.165) is 100 Å². The van der Waals surface area contributed by atoms with Crippen LogP contribution in [0.3, 0.4) is 0 Å². The van der Waals surface area contributed by atoms with E-state index in [0.29, 0.717) is 5.82 Å². The normalized spacial score (nSPS) is 11.3. The zero-order chi connectivity index (χ0) is 40.5. The number of hydrogen-bond donors (Lipinski definition) is 0. The number of hydrogen-bond acceptors (Lipinski definition) is 3. The Morgan fingerprint density at radius 2 is 0.770 bits per heavy atom. The number of nitrogens with zero attached hydrogens (tertiary/aromatic N) is 4. The van der Waals surface area contributed by atoms with Gasteiger partial charge in [0, 0.05) is 38.8 Å². The molecule has 0 atom stereocenters. The third-order valence-corrected chi connectivity index (χ3v) is 11.4. The highest BCUT2D eigenvalue weighted by atomic mass is 15.2. The van der Waals surface area contributed by atoms with Crippen molar-refractivity contribution in [3.8, 4) is 89.8 Å². The highest BCUT2D eigenvalue weighted by Gasteiger charge is 2.22. The Morgan fingerprint density at radius 1 is 0.311 bits per heavy atom. The molecule has 8 aromatic carbocycles. The lowest BCUT2D eigenvalue weighted by molar-refractivity contribution is 0.979. The first-order chi connectivity index (χ1) is 30.2. The maximum atomic E-state index is 5.41. The van der Waals surface area contributed by atoms with Crippen LogP contribution >= 0.6 is 0 Å². The molecule has 11 rings (SSSR count). The Hall–Kier alpha value is -8.21. The van der Waals surface area contributed by atoms with Gasteiger partial charge in [-0.25, -0.2) is 14.5 Å². The molecule has 0 N–H and O–H groups in total. The summed E-state index contributed by atoms with van der Waals surface area (Å²) in [5, 5.41) is 7.58. The van der Waals surface area contributed by atoms with Crippen LogP contribution in [0.15, 0.2) is 231 Å². The van der Waals surface area contributed by atoms with Gasteiger partial charge in [0.15, 0.2) is 5.82 Å². The monoisotopic (exact) mass is 778 g/mol. The van der Waals surface area contributed by atoms with Gasteiger partial charge < -0.3 is 0 Å². The van der Waals surface area contributed by atoms with Gasteiger partial charge in [0.1, 0.15) is 5.69 Å². The predicted molar refractivity (Wildman–Crippen MR) is 252 cm³/mol. The zero-order valence-corrected chi connectivity index (χ0v) is 33.2. The summed E-state index contributed by atoms with van der Waals surface area (Å²) in [5.74, 6) is 0.660. The lowest BCUT2D eigenvalue weighted by atomic mass is 9.94. The second-order valence-electron chi connectivity index (χ2n) is 15.3. The molecule has 0 aliphatic carbocycles. The van der Waals surface area contributed by atoms with Crippen LogP contribution in [0.1, 0.15) is 0 Å². The second-order valence-corrected chi connectivity index (χ2v) is 15.3. The van der Waals surface area contributed by atoms with Crippen molar-refractivity contribution < 1.29 is 0 Å². The molecular formula is C57H38N4. The van der Waals surface area contributed by atoms with Crippen LogP contribution in [0.4, 0.5) is 0 Å². The fourth-order valence-electron chi connectivity index (χ4n) is 8.43. The lowest BCUT2D eigenvalue weighted by Crippen LogP contribution is -1.98. The molecule has 3 heterocycles. The average Bonchev–Trinajstić information content (AvgIpc) is 3.76. The quantitative estimate of drug-likeness (QED) is 0.154. The van der Waals surface area contributed by atoms with E-state index < -0.39 is 0 Å². The molecule has 0 saturated heterocycles. The Bertz CT molecular complexity index is 3250. The molecule has 0 spiro atoms. The molecule has 0 fully saturated rings. The zero-order valence-electron chi connectivity index (χ0n) is 33.2. The van der Waals surface area contributed by atoms with Gasteiger partial charge in [-0.2, -0.15) is 5.10 Å². The first-order valence-electron chi connectivity index (χ1n) is 20.6. The summed E-state index contributed by atoms with van der Waals surface area (Å²) in [5.41, 5.74) is 16.6. The van der Waals surface area contributed by atoms with Crippen molar-refractivity contribution in [2.45, 2.75) is 0 Å². The predicted octanol–water partition coefficient (Wildman–Crippen LogP) is 14.6. The SMILES string of the molecule is c1ccc(-c2cc(-c3ccccc3)cc(-c3cc(-c4ccccc4)nc(-c4ccc5c(c4)cc(-c4ccccc4)n4nc(-c6ccccc6)c(-c6ccccc6)c54)n3)c2)cc1. The highest BCUT2D eigenvalue weighted by Crippen LogP contribution is 2.42. The van der Waals surface area contributed by atoms with Crippen LogP contribution in [0.25, 0.3) is 106 Å². The first kappa shape index (κ1) is 35.9. The van der Waals surface area contributed by atoms with Crippen molar-refractivity contribution in [3.63, 3.8) is 0 Å². The fraction of sp³-hybridized carbons (Fsp3) is 0. The average molecular weight is 779 g/mol. The van der Waals surface area contributed by atoms with Gasteiger partial charge in [-0.15, -0.1) is 0 Å². The molecule has 0 radical (unpaired) electrons. The lowest BCUT2D eigenvalue weighted by Gasteiger charge is -2.14. The van der Waals surface area contributed by atoms with Crippen molar-refractivity contribution in [1.29, 1.82) is 0 Å². The van der Waals surface area contributed by atoms with Crippen LogP contribution in [0, 0.1) is 0 Å². The smallest absolute Gasteiger partial charge is 0.160 e. The van der Waals surface area contributed by atoms with E-state index in [4.69, 9.17) is 15.1 Å². The van der Waals surface area contributed by atoms with Crippen LogP contribution < -0.4 is 0 Å². The third-order valence-electron chi connectivity index (χ3n) is 11.4. The van der Waals surface area contributed by atoms with Crippen molar-refractivity contribution >= 4 is 16.3 Å². The Kier molecular flexibility index (Phi) is 9.14. The topological polar surface area (TPSA) is 43.1 Å². The molecule has 0 aliphatic heterocycles. The van der Waals surface area contributed by atoms with E-state index in [2.05, 4.69) is 229 Å². The molecule has 286 valence electrons. The summed E-state index contributed by atoms with van der Waals surface area (Å²) in [6.45, 7) is 0. The molecule has 0 aliphatic rings. The van der Waals surface area contributed by atoms with E-state index in [-0.39, 0.29) is 0 Å². The molecule has 0 amide bonds. The van der Waals surface area contributed by atoms with Crippen molar-refractivity contribution in [1.82, 2.24) is 19.6 Å². The van der Waals surface area contributed by atoms with E-state index >= 15 is 0 Å². The van der Waals surface area contributed by atoms with Crippen molar-refractivity contribution in [2.75, 3.05) is 0 Å². The van der Waals surface area contributed by atoms with Gasteiger partial charge in [0.05, 0.1) is 22.6 Å². The van der Waals surface area contributed by atoms with Crippen molar-refractivity contribution in [3.05, 3.63) is 231 Å². The molecule has 0 saturated carbocycles. The summed E-state index contributed by atoms with van der Waals surface area (Å²) < 4.78 is 2.14. The van der Waals surface area contributed by atoms with Crippen molar-refractivity contribution in [2.24, 2.45) is 0 Å². The number of rotatable bonds is 8. The number of benzene rings is 8. The van der Waals surface area contributed by atoms with Crippen LogP contribution in [-0.4, -0.2) is 19.6 Å². The molecule has 0 unspecified atom stereocenters. The summed E-state index contributed by atoms with van der Waals surface area (Å²) in [6, 6.07) is 81.0. The van der Waals surface area contributed by atoms with Gasteiger partial charge in [0.2, 0.25) is 0 Å². The summed E-state index contributed by atoms with van der Waals surface area (Å²) >= 11 is 0. The van der Waals surface area contributed by atoms with Gasteiger partial charge in [-0.3, -0.25) is 0 Å². The van der Waals surface area contributed by atoms with Gasteiger partial charge in [0.25, 0.3) is 0 Å². The van der Waals surface area contributed by atoms with E-state index in [1.807, 2.05) is 6.07 Å². The number of pyridine rings is 1. The molecule has 3 aromatic heterocycles.